The van der Waals surface area contributed by atoms with Gasteiger partial charge in [0.25, 0.3) is 5.91 Å². The Morgan fingerprint density at radius 3 is 2.48 bits per heavy atom. The number of carbonyl (C=O) groups excluding carboxylic acids is 2. The van der Waals surface area contributed by atoms with E-state index in [1.165, 1.54) is 5.56 Å². The van der Waals surface area contributed by atoms with Gasteiger partial charge in [0.15, 0.2) is 0 Å². The Bertz CT molecular complexity index is 968. The molecule has 2 amide bonds. The lowest BCUT2D eigenvalue weighted by atomic mass is 10.0. The highest BCUT2D eigenvalue weighted by Crippen LogP contribution is 2.24. The summed E-state index contributed by atoms with van der Waals surface area (Å²) in [4.78, 5) is 25.0. The van der Waals surface area contributed by atoms with E-state index in [0.29, 0.717) is 15.4 Å². The van der Waals surface area contributed by atoms with E-state index in [2.05, 4.69) is 12.2 Å². The van der Waals surface area contributed by atoms with Crippen LogP contribution in [0.1, 0.15) is 46.9 Å². The van der Waals surface area contributed by atoms with Crippen molar-refractivity contribution in [3.63, 3.8) is 0 Å². The molecule has 1 heterocycles. The summed E-state index contributed by atoms with van der Waals surface area (Å²) in [6.07, 6.45) is 0.928. The second kappa shape index (κ2) is 7.52. The van der Waals surface area contributed by atoms with Gasteiger partial charge in [0.05, 0.1) is 11.8 Å². The molecule has 2 aromatic rings. The van der Waals surface area contributed by atoms with E-state index in [1.807, 2.05) is 31.2 Å². The number of hydrogen-bond acceptors (Lipinski definition) is 4. The minimum absolute atomic E-state index is 0.282. The Morgan fingerprint density at radius 2 is 1.81 bits per heavy atom. The Balaban J connectivity index is 1.72. The molecule has 0 unspecified atom stereocenters. The second-order valence-corrected chi connectivity index (χ2v) is 8.50. The van der Waals surface area contributed by atoms with Gasteiger partial charge in [-0.25, -0.2) is 12.7 Å². The van der Waals surface area contributed by atoms with E-state index in [-0.39, 0.29) is 11.8 Å². The van der Waals surface area contributed by atoms with Crippen LogP contribution in [0.4, 0.5) is 0 Å². The number of hydrogen-bond donors (Lipinski definition) is 1. The summed E-state index contributed by atoms with van der Waals surface area (Å²) >= 11 is 0. The van der Waals surface area contributed by atoms with Gasteiger partial charge in [-0.05, 0) is 36.1 Å². The molecule has 3 rings (SSSR count). The molecule has 0 bridgehead atoms. The monoisotopic (exact) mass is 386 g/mol. The average Bonchev–Trinajstić information content (AvgIpc) is 2.65. The van der Waals surface area contributed by atoms with Gasteiger partial charge in [-0.1, -0.05) is 49.4 Å². The number of nitrogens with one attached hydrogen (secondary N) is 1. The summed E-state index contributed by atoms with van der Waals surface area (Å²) in [6, 6.07) is 14.1. The van der Waals surface area contributed by atoms with E-state index < -0.39 is 28.4 Å². The maximum absolute atomic E-state index is 12.6. The van der Waals surface area contributed by atoms with Crippen LogP contribution in [-0.2, 0) is 27.0 Å². The maximum atomic E-state index is 12.6. The van der Waals surface area contributed by atoms with Crippen LogP contribution in [0, 0.1) is 0 Å². The van der Waals surface area contributed by atoms with Gasteiger partial charge >= 0.3 is 0 Å². The highest BCUT2D eigenvalue weighted by atomic mass is 32.2. The third kappa shape index (κ3) is 4.03. The van der Waals surface area contributed by atoms with E-state index in [1.54, 1.807) is 24.3 Å². The van der Waals surface area contributed by atoms with Crippen molar-refractivity contribution >= 4 is 21.8 Å². The molecule has 2 aromatic carbocycles. The highest BCUT2D eigenvalue weighted by Gasteiger charge is 2.36. The minimum Gasteiger partial charge on any atom is -0.348 e. The summed E-state index contributed by atoms with van der Waals surface area (Å²) in [5.74, 6) is -1.46. The lowest BCUT2D eigenvalue weighted by Crippen LogP contribution is -2.47. The molecule has 0 aliphatic carbocycles. The third-order valence-electron chi connectivity index (χ3n) is 4.70. The first-order valence-electron chi connectivity index (χ1n) is 8.82. The number of benzene rings is 2. The number of sulfonamides is 1. The van der Waals surface area contributed by atoms with Crippen LogP contribution in [0.25, 0.3) is 0 Å². The molecule has 0 saturated carbocycles. The van der Waals surface area contributed by atoms with Gasteiger partial charge < -0.3 is 5.32 Å². The normalized spacial score (nSPS) is 16.5. The van der Waals surface area contributed by atoms with Crippen molar-refractivity contribution in [3.8, 4) is 0 Å². The number of aryl methyl sites for hydroxylation is 1. The zero-order chi connectivity index (χ0) is 19.6. The van der Waals surface area contributed by atoms with E-state index in [0.717, 1.165) is 12.0 Å². The lowest BCUT2D eigenvalue weighted by molar-refractivity contribution is -0.121. The molecule has 142 valence electrons. The minimum atomic E-state index is -3.87. The molecular formula is C20H22N2O4S. The fraction of sp³-hybridized carbons (Fsp3) is 0.300. The largest absolute Gasteiger partial charge is 0.348 e. The van der Waals surface area contributed by atoms with Crippen molar-refractivity contribution in [3.05, 3.63) is 70.8 Å². The van der Waals surface area contributed by atoms with Crippen molar-refractivity contribution in [1.29, 1.82) is 0 Å². The summed E-state index contributed by atoms with van der Waals surface area (Å²) in [6.45, 7) is 3.36. The standard InChI is InChI=1S/C20H22N2O4S/c1-3-15-8-10-16(11-9-15)14(2)21-19(23)12-22-20(24)18-7-5-4-6-17(18)13-27(22,25)26/h4-11,14H,3,12-13H2,1-2H3,(H,21,23)/t14-/m1/s1. The number of nitrogens with zero attached hydrogens (tertiary/aromatic N) is 1. The first-order chi connectivity index (χ1) is 12.8. The summed E-state index contributed by atoms with van der Waals surface area (Å²) in [5.41, 5.74) is 2.89. The Hall–Kier alpha value is -2.67. The molecule has 0 spiro atoms. The van der Waals surface area contributed by atoms with Crippen LogP contribution in [-0.4, -0.2) is 31.1 Å². The van der Waals surface area contributed by atoms with Gasteiger partial charge in [-0.15, -0.1) is 0 Å². The molecule has 7 heteroatoms. The van der Waals surface area contributed by atoms with Crippen molar-refractivity contribution in [2.24, 2.45) is 0 Å². The fourth-order valence-electron chi connectivity index (χ4n) is 3.10. The van der Waals surface area contributed by atoms with Crippen molar-refractivity contribution < 1.29 is 18.0 Å². The highest BCUT2D eigenvalue weighted by molar-refractivity contribution is 7.89. The molecule has 0 aromatic heterocycles. The molecule has 0 radical (unpaired) electrons. The van der Waals surface area contributed by atoms with Gasteiger partial charge in [0, 0.05) is 5.56 Å². The number of amides is 2. The third-order valence-corrected chi connectivity index (χ3v) is 6.34. The van der Waals surface area contributed by atoms with Crippen LogP contribution in [0.15, 0.2) is 48.5 Å². The average molecular weight is 386 g/mol. The summed E-state index contributed by atoms with van der Waals surface area (Å²) < 4.78 is 25.5. The fourth-order valence-corrected chi connectivity index (χ4v) is 4.57. The van der Waals surface area contributed by atoms with Crippen LogP contribution in [0.3, 0.4) is 0 Å². The Morgan fingerprint density at radius 1 is 1.15 bits per heavy atom. The number of fused-ring (bicyclic) bond motifs is 1. The lowest BCUT2D eigenvalue weighted by Gasteiger charge is -2.28. The van der Waals surface area contributed by atoms with E-state index >= 15 is 0 Å². The summed E-state index contributed by atoms with van der Waals surface area (Å²) in [7, 11) is -3.87. The molecule has 0 fully saturated rings. The SMILES string of the molecule is CCc1ccc([C@@H](C)NC(=O)CN2C(=O)c3ccccc3CS2(=O)=O)cc1. The zero-order valence-corrected chi connectivity index (χ0v) is 16.1. The topological polar surface area (TPSA) is 83.6 Å². The van der Waals surface area contributed by atoms with E-state index in [9.17, 15) is 18.0 Å². The molecule has 27 heavy (non-hydrogen) atoms. The molecule has 1 N–H and O–H groups in total. The Kier molecular flexibility index (Phi) is 5.32. The molecule has 1 atom stereocenters. The van der Waals surface area contributed by atoms with Gasteiger partial charge in [-0.2, -0.15) is 0 Å². The van der Waals surface area contributed by atoms with Gasteiger partial charge in [-0.3, -0.25) is 9.59 Å². The maximum Gasteiger partial charge on any atom is 0.268 e. The van der Waals surface area contributed by atoms with Crippen molar-refractivity contribution in [2.45, 2.75) is 32.1 Å². The summed E-state index contributed by atoms with van der Waals surface area (Å²) in [5, 5.41) is 2.77. The zero-order valence-electron chi connectivity index (χ0n) is 15.3. The van der Waals surface area contributed by atoms with Gasteiger partial charge in [0.1, 0.15) is 6.54 Å². The molecule has 0 saturated heterocycles. The second-order valence-electron chi connectivity index (χ2n) is 6.61. The number of carbonyl (C=O) groups is 2. The van der Waals surface area contributed by atoms with Crippen LogP contribution < -0.4 is 5.32 Å². The molecule has 1 aliphatic rings. The first kappa shape index (κ1) is 19.1. The smallest absolute Gasteiger partial charge is 0.268 e. The molecule has 1 aliphatic heterocycles. The quantitative estimate of drug-likeness (QED) is 0.855. The first-order valence-corrected chi connectivity index (χ1v) is 10.4. The van der Waals surface area contributed by atoms with Crippen LogP contribution in [0.5, 0.6) is 0 Å². The van der Waals surface area contributed by atoms with Crippen LogP contribution >= 0.6 is 0 Å². The molecular weight excluding hydrogens is 364 g/mol. The van der Waals surface area contributed by atoms with Crippen molar-refractivity contribution in [2.75, 3.05) is 6.54 Å². The van der Waals surface area contributed by atoms with Crippen molar-refractivity contribution in [1.82, 2.24) is 9.62 Å². The predicted molar refractivity (Wildman–Crippen MR) is 102 cm³/mol. The van der Waals surface area contributed by atoms with Crippen LogP contribution in [0.2, 0.25) is 0 Å². The van der Waals surface area contributed by atoms with Gasteiger partial charge in [0.2, 0.25) is 15.9 Å². The predicted octanol–water partition coefficient (Wildman–Crippen LogP) is 2.41. The van der Waals surface area contributed by atoms with E-state index in [4.69, 9.17) is 0 Å². The Labute approximate surface area is 159 Å². The molecule has 6 nitrogen and oxygen atoms in total. The number of rotatable bonds is 5.